The van der Waals surface area contributed by atoms with Gasteiger partial charge in [0.05, 0.1) is 5.69 Å². The van der Waals surface area contributed by atoms with Gasteiger partial charge in [0.25, 0.3) is 11.8 Å². The number of para-hydroxylation sites is 1. The van der Waals surface area contributed by atoms with Crippen LogP contribution in [0.1, 0.15) is 65.5 Å². The number of aromatic nitrogens is 2. The summed E-state index contributed by atoms with van der Waals surface area (Å²) < 4.78 is 1.98. The first-order valence-electron chi connectivity index (χ1n) is 10.3. The van der Waals surface area contributed by atoms with Crippen molar-refractivity contribution in [1.82, 2.24) is 14.9 Å². The molecule has 4 rings (SSSR count). The molecular formula is C22H28N4O2. The zero-order valence-corrected chi connectivity index (χ0v) is 16.7. The van der Waals surface area contributed by atoms with E-state index in [9.17, 15) is 9.59 Å². The zero-order valence-electron chi connectivity index (χ0n) is 16.7. The molecule has 0 aliphatic carbocycles. The molecular weight excluding hydrogens is 352 g/mol. The molecule has 0 radical (unpaired) electrons. The SMILES string of the molecule is CC(C)CNC(=O)c1nc(C(=O)N2CCCc3ccccc32)n2c1CCCC2. The monoisotopic (exact) mass is 380 g/mol. The number of carbonyl (C=O) groups excluding carboxylic acids is 2. The Bertz CT molecular complexity index is 900. The van der Waals surface area contributed by atoms with Gasteiger partial charge in [0.1, 0.15) is 5.69 Å². The number of hydrogen-bond acceptors (Lipinski definition) is 3. The highest BCUT2D eigenvalue weighted by molar-refractivity contribution is 6.06. The van der Waals surface area contributed by atoms with Crippen molar-refractivity contribution in [3.63, 3.8) is 0 Å². The third-order valence-corrected chi connectivity index (χ3v) is 5.55. The third kappa shape index (κ3) is 3.43. The summed E-state index contributed by atoms with van der Waals surface area (Å²) in [6.07, 6.45) is 4.76. The number of carbonyl (C=O) groups is 2. The van der Waals surface area contributed by atoms with Crippen LogP contribution in [0.2, 0.25) is 0 Å². The fourth-order valence-electron chi connectivity index (χ4n) is 4.13. The standard InChI is InChI=1S/C22H28N4O2/c1-15(2)14-23-21(27)19-18-11-5-6-12-25(18)20(24-19)22(28)26-13-7-9-16-8-3-4-10-17(16)26/h3-4,8,10,15H,5-7,9,11-14H2,1-2H3,(H,23,27). The summed E-state index contributed by atoms with van der Waals surface area (Å²) in [5, 5.41) is 2.96. The number of hydrogen-bond donors (Lipinski definition) is 1. The lowest BCUT2D eigenvalue weighted by atomic mass is 10.0. The molecule has 1 aromatic heterocycles. The highest BCUT2D eigenvalue weighted by atomic mass is 16.2. The van der Waals surface area contributed by atoms with Crippen LogP contribution < -0.4 is 10.2 Å². The van der Waals surface area contributed by atoms with Crippen LogP contribution in [-0.2, 0) is 19.4 Å². The Morgan fingerprint density at radius 1 is 1.11 bits per heavy atom. The van der Waals surface area contributed by atoms with E-state index in [1.165, 1.54) is 5.56 Å². The van der Waals surface area contributed by atoms with Crippen molar-refractivity contribution in [2.24, 2.45) is 5.92 Å². The maximum Gasteiger partial charge on any atom is 0.294 e. The van der Waals surface area contributed by atoms with E-state index < -0.39 is 0 Å². The van der Waals surface area contributed by atoms with Crippen molar-refractivity contribution in [3.05, 3.63) is 47.0 Å². The van der Waals surface area contributed by atoms with Gasteiger partial charge in [-0.3, -0.25) is 9.59 Å². The van der Waals surface area contributed by atoms with E-state index in [0.717, 1.165) is 50.0 Å². The van der Waals surface area contributed by atoms with Gasteiger partial charge >= 0.3 is 0 Å². The van der Waals surface area contributed by atoms with E-state index in [4.69, 9.17) is 0 Å². The lowest BCUT2D eigenvalue weighted by Gasteiger charge is -2.29. The number of rotatable bonds is 4. The lowest BCUT2D eigenvalue weighted by Crippen LogP contribution is -2.37. The van der Waals surface area contributed by atoms with Crippen LogP contribution in [0.25, 0.3) is 0 Å². The molecule has 0 spiro atoms. The third-order valence-electron chi connectivity index (χ3n) is 5.55. The molecule has 2 amide bonds. The van der Waals surface area contributed by atoms with Crippen LogP contribution in [-0.4, -0.2) is 34.5 Å². The van der Waals surface area contributed by atoms with Crippen molar-refractivity contribution in [2.45, 2.75) is 52.5 Å². The molecule has 1 N–H and O–H groups in total. The number of anilines is 1. The predicted molar refractivity (Wildman–Crippen MR) is 109 cm³/mol. The van der Waals surface area contributed by atoms with Crippen LogP contribution in [0.4, 0.5) is 5.69 Å². The molecule has 148 valence electrons. The second-order valence-electron chi connectivity index (χ2n) is 8.13. The highest BCUT2D eigenvalue weighted by Crippen LogP contribution is 2.29. The van der Waals surface area contributed by atoms with E-state index in [2.05, 4.69) is 30.2 Å². The highest BCUT2D eigenvalue weighted by Gasteiger charge is 2.31. The van der Waals surface area contributed by atoms with E-state index in [1.54, 1.807) is 0 Å². The lowest BCUT2D eigenvalue weighted by molar-refractivity contribution is 0.0943. The van der Waals surface area contributed by atoms with Gasteiger partial charge in [-0.05, 0) is 49.7 Å². The van der Waals surface area contributed by atoms with E-state index in [1.807, 2.05) is 27.7 Å². The number of nitrogens with one attached hydrogen (secondary N) is 1. The molecule has 6 heteroatoms. The molecule has 0 unspecified atom stereocenters. The summed E-state index contributed by atoms with van der Waals surface area (Å²) in [4.78, 5) is 32.6. The number of fused-ring (bicyclic) bond motifs is 2. The molecule has 1 aromatic carbocycles. The Kier molecular flexibility index (Phi) is 5.20. The van der Waals surface area contributed by atoms with Crippen molar-refractivity contribution < 1.29 is 9.59 Å². The second kappa shape index (κ2) is 7.78. The number of imidazole rings is 1. The van der Waals surface area contributed by atoms with Crippen LogP contribution in [0, 0.1) is 5.92 Å². The van der Waals surface area contributed by atoms with Gasteiger partial charge in [-0.25, -0.2) is 4.98 Å². The molecule has 2 aliphatic heterocycles. The van der Waals surface area contributed by atoms with Crippen LogP contribution in [0.3, 0.4) is 0 Å². The molecule has 28 heavy (non-hydrogen) atoms. The quantitative estimate of drug-likeness (QED) is 0.886. The van der Waals surface area contributed by atoms with Gasteiger partial charge in [0.15, 0.2) is 0 Å². The minimum atomic E-state index is -0.169. The summed E-state index contributed by atoms with van der Waals surface area (Å²) in [7, 11) is 0. The maximum atomic E-state index is 13.4. The Balaban J connectivity index is 1.68. The van der Waals surface area contributed by atoms with Gasteiger partial charge in [-0.15, -0.1) is 0 Å². The van der Waals surface area contributed by atoms with Gasteiger partial charge < -0.3 is 14.8 Å². The average Bonchev–Trinajstić information content (AvgIpc) is 3.11. The van der Waals surface area contributed by atoms with Gasteiger partial charge in [-0.2, -0.15) is 0 Å². The summed E-state index contributed by atoms with van der Waals surface area (Å²) in [6.45, 7) is 6.16. The minimum Gasteiger partial charge on any atom is -0.350 e. The number of amides is 2. The summed E-state index contributed by atoms with van der Waals surface area (Å²) in [5.41, 5.74) is 3.50. The zero-order chi connectivity index (χ0) is 19.7. The summed E-state index contributed by atoms with van der Waals surface area (Å²) in [5.74, 6) is 0.505. The normalized spacial score (nSPS) is 15.9. The van der Waals surface area contributed by atoms with Gasteiger partial charge in [0.2, 0.25) is 5.82 Å². The molecule has 0 fully saturated rings. The molecule has 2 aliphatic rings. The van der Waals surface area contributed by atoms with Crippen molar-refractivity contribution in [3.8, 4) is 0 Å². The fraction of sp³-hybridized carbons (Fsp3) is 0.500. The largest absolute Gasteiger partial charge is 0.350 e. The molecule has 2 aromatic rings. The Morgan fingerprint density at radius 2 is 1.93 bits per heavy atom. The first-order chi connectivity index (χ1) is 13.6. The van der Waals surface area contributed by atoms with E-state index in [-0.39, 0.29) is 11.8 Å². The van der Waals surface area contributed by atoms with Crippen molar-refractivity contribution in [1.29, 1.82) is 0 Å². The first kappa shape index (κ1) is 18.7. The molecule has 0 saturated heterocycles. The average molecular weight is 380 g/mol. The summed E-state index contributed by atoms with van der Waals surface area (Å²) >= 11 is 0. The molecule has 0 atom stereocenters. The van der Waals surface area contributed by atoms with Crippen molar-refractivity contribution >= 4 is 17.5 Å². The Hall–Kier alpha value is -2.63. The number of aryl methyl sites for hydroxylation is 1. The second-order valence-corrected chi connectivity index (χ2v) is 8.13. The number of nitrogens with zero attached hydrogens (tertiary/aromatic N) is 3. The predicted octanol–water partition coefficient (Wildman–Crippen LogP) is 3.20. The van der Waals surface area contributed by atoms with Crippen LogP contribution in [0.15, 0.2) is 24.3 Å². The maximum absolute atomic E-state index is 13.4. The summed E-state index contributed by atoms with van der Waals surface area (Å²) in [6, 6.07) is 8.07. The molecule has 3 heterocycles. The van der Waals surface area contributed by atoms with Gasteiger partial charge in [0, 0.05) is 25.3 Å². The fourth-order valence-corrected chi connectivity index (χ4v) is 4.13. The van der Waals surface area contributed by atoms with Gasteiger partial charge in [-0.1, -0.05) is 32.0 Å². The Labute approximate surface area is 165 Å². The molecule has 0 saturated carbocycles. The van der Waals surface area contributed by atoms with Crippen molar-refractivity contribution in [2.75, 3.05) is 18.0 Å². The Morgan fingerprint density at radius 3 is 2.75 bits per heavy atom. The first-order valence-corrected chi connectivity index (χ1v) is 10.3. The topological polar surface area (TPSA) is 67.2 Å². The number of benzene rings is 1. The van der Waals surface area contributed by atoms with E-state index >= 15 is 0 Å². The minimum absolute atomic E-state index is 0.0989. The van der Waals surface area contributed by atoms with Crippen LogP contribution in [0.5, 0.6) is 0 Å². The smallest absolute Gasteiger partial charge is 0.294 e. The van der Waals surface area contributed by atoms with Crippen LogP contribution >= 0.6 is 0 Å². The van der Waals surface area contributed by atoms with E-state index in [0.29, 0.717) is 30.5 Å². The molecule has 0 bridgehead atoms. The molecule has 6 nitrogen and oxygen atoms in total.